The summed E-state index contributed by atoms with van der Waals surface area (Å²) in [4.78, 5) is 12.1. The molecule has 3 rings (SSSR count). The van der Waals surface area contributed by atoms with Gasteiger partial charge in [0.25, 0.3) is 5.56 Å². The van der Waals surface area contributed by atoms with E-state index in [1.165, 1.54) is 34.1 Å². The molecule has 2 aromatic carbocycles. The Bertz CT molecular complexity index is 1170. The Morgan fingerprint density at radius 3 is 1.79 bits per heavy atom. The van der Waals surface area contributed by atoms with Crippen molar-refractivity contribution in [3.05, 3.63) is 88.3 Å². The molecule has 8 nitrogen and oxygen atoms in total. The predicted molar refractivity (Wildman–Crippen MR) is 125 cm³/mol. The molecule has 1 heterocycles. The summed E-state index contributed by atoms with van der Waals surface area (Å²) in [6, 6.07) is 16.8. The van der Waals surface area contributed by atoms with E-state index >= 15 is 0 Å². The number of methoxy groups -OCH3 is 2. The van der Waals surface area contributed by atoms with Gasteiger partial charge in [-0.15, -0.1) is 0 Å². The van der Waals surface area contributed by atoms with Crippen LogP contribution in [0, 0.1) is 0 Å². The van der Waals surface area contributed by atoms with E-state index in [-0.39, 0.29) is 30.1 Å². The van der Waals surface area contributed by atoms with E-state index in [9.17, 15) is 18.3 Å². The minimum absolute atomic E-state index is 0.000840. The fourth-order valence-electron chi connectivity index (χ4n) is 3.33. The molecule has 0 aliphatic carbocycles. The highest BCUT2D eigenvalue weighted by atomic mass is 32.2. The number of benzene rings is 2. The number of rotatable bonds is 10. The SMILES string of the molecule is COc1ccc(CN(Cc2ccc(OC)cc2)S(=O)(=O)c2ccc(=O)n(C[C@@H](C)O)c2)cc1. The number of hydrogen-bond donors (Lipinski definition) is 1. The van der Waals surface area contributed by atoms with E-state index < -0.39 is 16.1 Å². The molecule has 176 valence electrons. The van der Waals surface area contributed by atoms with Crippen LogP contribution < -0.4 is 15.0 Å². The van der Waals surface area contributed by atoms with Crippen molar-refractivity contribution >= 4 is 10.0 Å². The molecule has 3 aromatic rings. The number of hydrogen-bond acceptors (Lipinski definition) is 6. The van der Waals surface area contributed by atoms with Crippen molar-refractivity contribution < 1.29 is 23.0 Å². The summed E-state index contributed by atoms with van der Waals surface area (Å²) in [6.07, 6.45) is 0.481. The maximum Gasteiger partial charge on any atom is 0.250 e. The van der Waals surface area contributed by atoms with Crippen molar-refractivity contribution in [1.29, 1.82) is 0 Å². The normalized spacial score (nSPS) is 12.5. The fourth-order valence-corrected chi connectivity index (χ4v) is 4.77. The van der Waals surface area contributed by atoms with Crippen LogP contribution in [0.5, 0.6) is 11.5 Å². The van der Waals surface area contributed by atoms with Crippen molar-refractivity contribution in [3.63, 3.8) is 0 Å². The highest BCUT2D eigenvalue weighted by Gasteiger charge is 2.26. The van der Waals surface area contributed by atoms with Crippen LogP contribution in [0.1, 0.15) is 18.1 Å². The molecule has 0 unspecified atom stereocenters. The molecule has 0 amide bonds. The van der Waals surface area contributed by atoms with Gasteiger partial charge in [0.2, 0.25) is 10.0 Å². The van der Waals surface area contributed by atoms with E-state index in [1.807, 2.05) is 24.3 Å². The number of sulfonamides is 1. The molecule has 0 saturated heterocycles. The van der Waals surface area contributed by atoms with Crippen LogP contribution in [0.15, 0.2) is 76.6 Å². The quantitative estimate of drug-likeness (QED) is 0.487. The molecule has 0 bridgehead atoms. The van der Waals surface area contributed by atoms with Crippen molar-refractivity contribution in [2.75, 3.05) is 14.2 Å². The lowest BCUT2D eigenvalue weighted by Crippen LogP contribution is -2.32. The van der Waals surface area contributed by atoms with Crippen LogP contribution in [-0.4, -0.2) is 42.7 Å². The largest absolute Gasteiger partial charge is 0.497 e. The van der Waals surface area contributed by atoms with Gasteiger partial charge in [-0.05, 0) is 48.4 Å². The molecular weight excluding hydrogens is 444 g/mol. The van der Waals surface area contributed by atoms with Crippen LogP contribution in [0.25, 0.3) is 0 Å². The minimum atomic E-state index is -3.97. The fraction of sp³-hybridized carbons (Fsp3) is 0.292. The highest BCUT2D eigenvalue weighted by Crippen LogP contribution is 2.23. The third-order valence-electron chi connectivity index (χ3n) is 5.09. The van der Waals surface area contributed by atoms with Gasteiger partial charge in [0, 0.05) is 25.4 Å². The average Bonchev–Trinajstić information content (AvgIpc) is 2.80. The Balaban J connectivity index is 1.99. The van der Waals surface area contributed by atoms with Gasteiger partial charge in [-0.3, -0.25) is 4.79 Å². The molecule has 0 aliphatic rings. The number of aliphatic hydroxyl groups is 1. The molecule has 0 saturated carbocycles. The van der Waals surface area contributed by atoms with E-state index in [4.69, 9.17) is 9.47 Å². The van der Waals surface area contributed by atoms with Gasteiger partial charge in [-0.2, -0.15) is 4.31 Å². The number of aromatic nitrogens is 1. The van der Waals surface area contributed by atoms with Crippen LogP contribution >= 0.6 is 0 Å². The lowest BCUT2D eigenvalue weighted by molar-refractivity contribution is 0.172. The molecule has 0 radical (unpaired) electrons. The summed E-state index contributed by atoms with van der Waals surface area (Å²) >= 11 is 0. The van der Waals surface area contributed by atoms with E-state index in [1.54, 1.807) is 38.5 Å². The average molecular weight is 473 g/mol. The Hall–Kier alpha value is -3.14. The first kappa shape index (κ1) is 24.5. The summed E-state index contributed by atoms with van der Waals surface area (Å²) < 4.78 is 40.2. The first-order chi connectivity index (χ1) is 15.7. The van der Waals surface area contributed by atoms with Crippen molar-refractivity contribution in [2.45, 2.75) is 37.6 Å². The van der Waals surface area contributed by atoms with Gasteiger partial charge in [0.1, 0.15) is 11.5 Å². The second-order valence-corrected chi connectivity index (χ2v) is 9.61. The van der Waals surface area contributed by atoms with Gasteiger partial charge in [0.05, 0.1) is 31.8 Å². The van der Waals surface area contributed by atoms with Crippen molar-refractivity contribution in [2.24, 2.45) is 0 Å². The first-order valence-corrected chi connectivity index (χ1v) is 11.8. The molecule has 0 spiro atoms. The van der Waals surface area contributed by atoms with Crippen LogP contribution in [0.2, 0.25) is 0 Å². The van der Waals surface area contributed by atoms with Crippen molar-refractivity contribution in [1.82, 2.24) is 8.87 Å². The Morgan fingerprint density at radius 1 is 0.879 bits per heavy atom. The second-order valence-electron chi connectivity index (χ2n) is 7.67. The van der Waals surface area contributed by atoms with Gasteiger partial charge in [0.15, 0.2) is 0 Å². The third-order valence-corrected chi connectivity index (χ3v) is 6.87. The maximum absolute atomic E-state index is 13.6. The van der Waals surface area contributed by atoms with E-state index in [0.29, 0.717) is 11.5 Å². The van der Waals surface area contributed by atoms with Gasteiger partial charge in [-0.1, -0.05) is 24.3 Å². The predicted octanol–water partition coefficient (Wildman–Crippen LogP) is 2.64. The molecule has 33 heavy (non-hydrogen) atoms. The van der Waals surface area contributed by atoms with E-state index in [0.717, 1.165) is 11.1 Å². The Kier molecular flexibility index (Phi) is 7.91. The van der Waals surface area contributed by atoms with Gasteiger partial charge in [-0.25, -0.2) is 8.42 Å². The summed E-state index contributed by atoms with van der Waals surface area (Å²) in [5.41, 5.74) is 1.18. The number of nitrogens with zero attached hydrogens (tertiary/aromatic N) is 2. The second kappa shape index (κ2) is 10.7. The van der Waals surface area contributed by atoms with Crippen molar-refractivity contribution in [3.8, 4) is 11.5 Å². The molecule has 9 heteroatoms. The zero-order valence-electron chi connectivity index (χ0n) is 18.8. The standard InChI is InChI=1S/C24H28N2O6S/c1-18(27)14-25-17-23(12-13-24(25)28)33(29,30)26(15-19-4-8-21(31-2)9-5-19)16-20-6-10-22(32-3)11-7-20/h4-13,17-18,27H,14-16H2,1-3H3/t18-/m1/s1. The van der Waals surface area contributed by atoms with Crippen LogP contribution in [0.3, 0.4) is 0 Å². The lowest BCUT2D eigenvalue weighted by Gasteiger charge is -2.23. The number of ether oxygens (including phenoxy) is 2. The van der Waals surface area contributed by atoms with Gasteiger partial charge >= 0.3 is 0 Å². The molecule has 1 atom stereocenters. The third kappa shape index (κ3) is 6.22. The van der Waals surface area contributed by atoms with Crippen LogP contribution in [-0.2, 0) is 29.7 Å². The minimum Gasteiger partial charge on any atom is -0.497 e. The summed E-state index contributed by atoms with van der Waals surface area (Å²) in [5.74, 6) is 1.35. The highest BCUT2D eigenvalue weighted by molar-refractivity contribution is 7.89. The number of pyridine rings is 1. The molecular formula is C24H28N2O6S. The van der Waals surface area contributed by atoms with Gasteiger partial charge < -0.3 is 19.1 Å². The zero-order chi connectivity index (χ0) is 24.0. The zero-order valence-corrected chi connectivity index (χ0v) is 19.7. The molecule has 0 aliphatic heterocycles. The lowest BCUT2D eigenvalue weighted by atomic mass is 10.2. The topological polar surface area (TPSA) is 98.1 Å². The maximum atomic E-state index is 13.6. The van der Waals surface area contributed by atoms with E-state index in [2.05, 4.69) is 0 Å². The summed E-state index contributed by atoms with van der Waals surface area (Å²) in [5, 5.41) is 9.67. The molecule has 1 N–H and O–H groups in total. The van der Waals surface area contributed by atoms with Crippen LogP contribution in [0.4, 0.5) is 0 Å². The smallest absolute Gasteiger partial charge is 0.250 e. The number of aliphatic hydroxyl groups excluding tert-OH is 1. The Labute approximate surface area is 193 Å². The summed E-state index contributed by atoms with van der Waals surface area (Å²) in [7, 11) is -0.840. The Morgan fingerprint density at radius 2 is 1.36 bits per heavy atom. The molecule has 0 fully saturated rings. The summed E-state index contributed by atoms with van der Waals surface area (Å²) in [6.45, 7) is 1.77. The first-order valence-electron chi connectivity index (χ1n) is 10.4. The monoisotopic (exact) mass is 472 g/mol. The molecule has 1 aromatic heterocycles.